The van der Waals surface area contributed by atoms with Crippen LogP contribution < -0.4 is 0 Å². The van der Waals surface area contributed by atoms with Crippen molar-refractivity contribution in [3.63, 3.8) is 0 Å². The molecule has 3 heterocycles. The summed E-state index contributed by atoms with van der Waals surface area (Å²) in [6.45, 7) is 10.1. The third-order valence-electron chi connectivity index (χ3n) is 5.99. The van der Waals surface area contributed by atoms with Crippen molar-refractivity contribution in [2.75, 3.05) is 27.2 Å². The molecule has 0 unspecified atom stereocenters. The summed E-state index contributed by atoms with van der Waals surface area (Å²) >= 11 is 0. The number of nitrogens with zero attached hydrogens (tertiary/aromatic N) is 7. The van der Waals surface area contributed by atoms with Crippen LogP contribution in [0.1, 0.15) is 64.8 Å². The Morgan fingerprint density at radius 2 is 1.86 bits per heavy atom. The van der Waals surface area contributed by atoms with Crippen molar-refractivity contribution < 1.29 is 14.6 Å². The van der Waals surface area contributed by atoms with Crippen LogP contribution >= 0.6 is 0 Å². The standard InChI is InChI=1S/C27H37N7O3/c1-26(2,3)37-25(35)33-15-11-14-19(16-33)22-30-23-20(27(4,5)36)21(18-12-9-8-10-13-18)29-24(34(23)31-22)28-17-32(6)7/h8-10,12-13,17,19,36H,11,14-16H2,1-7H3/t19-/m1/s1. The number of aromatic nitrogens is 4. The zero-order chi connectivity index (χ0) is 27.0. The molecular formula is C27H37N7O3. The zero-order valence-electron chi connectivity index (χ0n) is 22.8. The molecule has 1 fully saturated rings. The van der Waals surface area contributed by atoms with Gasteiger partial charge in [0.15, 0.2) is 11.5 Å². The van der Waals surface area contributed by atoms with Crippen LogP contribution in [0.4, 0.5) is 10.7 Å². The molecule has 1 aliphatic rings. The maximum Gasteiger partial charge on any atom is 0.410 e. The van der Waals surface area contributed by atoms with Gasteiger partial charge in [0.1, 0.15) is 5.60 Å². The van der Waals surface area contributed by atoms with Crippen molar-refractivity contribution in [1.82, 2.24) is 29.4 Å². The number of carbonyl (C=O) groups is 1. The molecule has 2 aromatic heterocycles. The van der Waals surface area contributed by atoms with Crippen LogP contribution in [0, 0.1) is 0 Å². The van der Waals surface area contributed by atoms with Crippen molar-refractivity contribution in [3.05, 3.63) is 41.7 Å². The molecule has 10 nitrogen and oxygen atoms in total. The minimum Gasteiger partial charge on any atom is -0.444 e. The van der Waals surface area contributed by atoms with E-state index in [4.69, 9.17) is 19.8 Å². The number of benzene rings is 1. The second-order valence-corrected chi connectivity index (χ2v) is 11.2. The van der Waals surface area contributed by atoms with E-state index < -0.39 is 11.2 Å². The van der Waals surface area contributed by atoms with Crippen molar-refractivity contribution >= 4 is 24.0 Å². The second kappa shape index (κ2) is 10.1. The van der Waals surface area contributed by atoms with Crippen LogP contribution in [0.15, 0.2) is 35.3 Å². The molecule has 4 rings (SSSR count). The van der Waals surface area contributed by atoms with Gasteiger partial charge in [-0.3, -0.25) is 0 Å². The molecule has 1 amide bonds. The molecule has 0 saturated carbocycles. The molecule has 1 aromatic carbocycles. The lowest BCUT2D eigenvalue weighted by Crippen LogP contribution is -2.42. The summed E-state index contributed by atoms with van der Waals surface area (Å²) in [5, 5.41) is 16.1. The number of ether oxygens (including phenoxy) is 1. The molecule has 198 valence electrons. The first-order valence-electron chi connectivity index (χ1n) is 12.6. The van der Waals surface area contributed by atoms with Gasteiger partial charge in [-0.15, -0.1) is 5.10 Å². The number of piperidine rings is 1. The summed E-state index contributed by atoms with van der Waals surface area (Å²) in [7, 11) is 3.76. The number of amides is 1. The zero-order valence-corrected chi connectivity index (χ0v) is 22.8. The van der Waals surface area contributed by atoms with Gasteiger partial charge in [-0.05, 0) is 47.5 Å². The van der Waals surface area contributed by atoms with Crippen molar-refractivity contribution in [2.45, 2.75) is 64.6 Å². The van der Waals surface area contributed by atoms with E-state index in [0.29, 0.717) is 41.8 Å². The SMILES string of the molecule is CN(C)C=Nc1nc(-c2ccccc2)c(C(C)(C)O)c2nc([C@@H]3CCCN(C(=O)OC(C)(C)C)C3)nn12. The highest BCUT2D eigenvalue weighted by atomic mass is 16.6. The first-order chi connectivity index (χ1) is 17.3. The van der Waals surface area contributed by atoms with Crippen LogP contribution in [0.25, 0.3) is 16.9 Å². The first-order valence-corrected chi connectivity index (χ1v) is 12.6. The Morgan fingerprint density at radius 1 is 1.16 bits per heavy atom. The Balaban J connectivity index is 1.84. The monoisotopic (exact) mass is 507 g/mol. The van der Waals surface area contributed by atoms with Gasteiger partial charge in [-0.25, -0.2) is 19.8 Å². The molecule has 1 saturated heterocycles. The van der Waals surface area contributed by atoms with Crippen molar-refractivity contribution in [3.8, 4) is 11.3 Å². The normalized spacial score (nSPS) is 17.0. The molecule has 0 aliphatic carbocycles. The molecule has 1 atom stereocenters. The van der Waals surface area contributed by atoms with Crippen LogP contribution in [-0.2, 0) is 10.3 Å². The average Bonchev–Trinajstić information content (AvgIpc) is 3.26. The molecule has 0 radical (unpaired) electrons. The second-order valence-electron chi connectivity index (χ2n) is 11.2. The van der Waals surface area contributed by atoms with E-state index in [-0.39, 0.29) is 12.0 Å². The third kappa shape index (κ3) is 6.07. The number of aliphatic hydroxyl groups is 1. The number of likely N-dealkylation sites (tertiary alicyclic amines) is 1. The fourth-order valence-electron chi connectivity index (χ4n) is 4.41. The number of fused-ring (bicyclic) bond motifs is 1. The largest absolute Gasteiger partial charge is 0.444 e. The summed E-state index contributed by atoms with van der Waals surface area (Å²) in [6, 6.07) is 9.70. The topological polar surface area (TPSA) is 108 Å². The highest BCUT2D eigenvalue weighted by Crippen LogP contribution is 2.36. The summed E-state index contributed by atoms with van der Waals surface area (Å²) in [6.07, 6.45) is 2.98. The number of aliphatic imine (C=N–C) groups is 1. The molecule has 1 N–H and O–H groups in total. The van der Waals surface area contributed by atoms with E-state index in [1.54, 1.807) is 29.6 Å². The van der Waals surface area contributed by atoms with E-state index in [9.17, 15) is 9.90 Å². The lowest BCUT2D eigenvalue weighted by Gasteiger charge is -2.33. The number of carbonyl (C=O) groups excluding carboxylic acids is 1. The fourth-order valence-corrected chi connectivity index (χ4v) is 4.41. The van der Waals surface area contributed by atoms with Gasteiger partial charge < -0.3 is 19.6 Å². The molecule has 1 aliphatic heterocycles. The molecular weight excluding hydrogens is 470 g/mol. The fraction of sp³-hybridized carbons (Fsp3) is 0.519. The van der Waals surface area contributed by atoms with Gasteiger partial charge in [0.25, 0.3) is 5.95 Å². The van der Waals surface area contributed by atoms with E-state index in [1.807, 2.05) is 70.1 Å². The van der Waals surface area contributed by atoms with Crippen LogP contribution in [0.3, 0.4) is 0 Å². The third-order valence-corrected chi connectivity index (χ3v) is 5.99. The predicted molar refractivity (Wildman–Crippen MR) is 143 cm³/mol. The lowest BCUT2D eigenvalue weighted by molar-refractivity contribution is 0.0196. The van der Waals surface area contributed by atoms with Gasteiger partial charge in [-0.1, -0.05) is 30.3 Å². The van der Waals surface area contributed by atoms with Crippen LogP contribution in [0.5, 0.6) is 0 Å². The Hall–Kier alpha value is -3.53. The smallest absolute Gasteiger partial charge is 0.410 e. The molecule has 0 bridgehead atoms. The minimum absolute atomic E-state index is 0.0818. The number of hydrogen-bond acceptors (Lipinski definition) is 7. The van der Waals surface area contributed by atoms with E-state index in [1.165, 1.54) is 0 Å². The van der Waals surface area contributed by atoms with E-state index in [0.717, 1.165) is 18.4 Å². The summed E-state index contributed by atoms with van der Waals surface area (Å²) < 4.78 is 7.20. The summed E-state index contributed by atoms with van der Waals surface area (Å²) in [5.41, 5.74) is 0.706. The number of rotatable bonds is 5. The number of hydrogen-bond donors (Lipinski definition) is 1. The lowest BCUT2D eigenvalue weighted by atomic mass is 9.94. The first kappa shape index (κ1) is 26.5. The Kier molecular flexibility index (Phi) is 7.23. The van der Waals surface area contributed by atoms with Gasteiger partial charge in [0, 0.05) is 38.7 Å². The van der Waals surface area contributed by atoms with Gasteiger partial charge in [0.2, 0.25) is 0 Å². The average molecular weight is 508 g/mol. The Labute approximate surface area is 218 Å². The summed E-state index contributed by atoms with van der Waals surface area (Å²) in [5.74, 6) is 0.864. The Bertz CT molecular complexity index is 1290. The van der Waals surface area contributed by atoms with Crippen molar-refractivity contribution in [2.24, 2.45) is 4.99 Å². The van der Waals surface area contributed by atoms with Gasteiger partial charge >= 0.3 is 6.09 Å². The molecule has 0 spiro atoms. The van der Waals surface area contributed by atoms with Crippen LogP contribution in [-0.4, -0.2) is 79.7 Å². The van der Waals surface area contributed by atoms with E-state index in [2.05, 4.69) is 4.99 Å². The maximum atomic E-state index is 12.7. The maximum absolute atomic E-state index is 12.7. The van der Waals surface area contributed by atoms with E-state index >= 15 is 0 Å². The quantitative estimate of drug-likeness (QED) is 0.404. The minimum atomic E-state index is -1.25. The van der Waals surface area contributed by atoms with Gasteiger partial charge in [0.05, 0.1) is 23.2 Å². The molecule has 37 heavy (non-hydrogen) atoms. The highest BCUT2D eigenvalue weighted by Gasteiger charge is 2.33. The molecule has 10 heteroatoms. The van der Waals surface area contributed by atoms with Crippen molar-refractivity contribution in [1.29, 1.82) is 0 Å². The van der Waals surface area contributed by atoms with Gasteiger partial charge in [-0.2, -0.15) is 4.52 Å². The predicted octanol–water partition coefficient (Wildman–Crippen LogP) is 4.35. The molecule has 3 aromatic rings. The summed E-state index contributed by atoms with van der Waals surface area (Å²) in [4.78, 5) is 30.6. The highest BCUT2D eigenvalue weighted by molar-refractivity contribution is 5.74. The Morgan fingerprint density at radius 3 is 2.49 bits per heavy atom. The van der Waals surface area contributed by atoms with Crippen LogP contribution in [0.2, 0.25) is 0 Å².